The highest BCUT2D eigenvalue weighted by atomic mass is 14.7. The monoisotopic (exact) mass is 263 g/mol. The molecule has 0 aliphatic rings. The normalized spacial score (nSPS) is 8.68. The van der Waals surface area contributed by atoms with Crippen LogP contribution in [0.3, 0.4) is 0 Å². The molecule has 0 amide bonds. The van der Waals surface area contributed by atoms with Crippen molar-refractivity contribution in [3.05, 3.63) is 36.0 Å². The standard InChI is InChI=1S/C9H9N.C6H14.C2H6.CH4/c1-7-6-10-9-5-3-2-4-8(7)9;1-3-5-6-4-2;1-2;/h2-6,10H,1H3;3-6H2,1-2H3;1-2H3;1H4. The Labute approximate surface area is 120 Å². The van der Waals surface area contributed by atoms with Gasteiger partial charge in [0, 0.05) is 17.1 Å². The summed E-state index contributed by atoms with van der Waals surface area (Å²) in [7, 11) is 0. The van der Waals surface area contributed by atoms with Gasteiger partial charge in [-0.05, 0) is 18.6 Å². The number of H-pyrrole nitrogens is 1. The zero-order chi connectivity index (χ0) is 13.8. The fourth-order valence-corrected chi connectivity index (χ4v) is 1.72. The molecule has 0 radical (unpaired) electrons. The Morgan fingerprint density at radius 1 is 0.947 bits per heavy atom. The molecule has 2 rings (SSSR count). The molecule has 0 fully saturated rings. The molecule has 0 saturated carbocycles. The first kappa shape index (κ1) is 20.1. The highest BCUT2D eigenvalue weighted by Gasteiger charge is 1.94. The number of para-hydroxylation sites is 1. The maximum atomic E-state index is 3.19. The van der Waals surface area contributed by atoms with Crippen LogP contribution in [0.25, 0.3) is 10.9 Å². The second-order valence-electron chi connectivity index (χ2n) is 4.22. The largest absolute Gasteiger partial charge is 0.361 e. The van der Waals surface area contributed by atoms with Crippen LogP contribution in [0, 0.1) is 6.92 Å². The SMILES string of the molecule is C.CC.CCCCCC.Cc1c[nH]c2ccccc12. The Bertz CT molecular complexity index is 397. The number of hydrogen-bond acceptors (Lipinski definition) is 0. The summed E-state index contributed by atoms with van der Waals surface area (Å²) in [5.74, 6) is 0. The Hall–Kier alpha value is -1.24. The first-order valence-corrected chi connectivity index (χ1v) is 7.32. The van der Waals surface area contributed by atoms with E-state index in [1.807, 2.05) is 26.1 Å². The van der Waals surface area contributed by atoms with Crippen molar-refractivity contribution in [3.63, 3.8) is 0 Å². The van der Waals surface area contributed by atoms with E-state index in [-0.39, 0.29) is 7.43 Å². The number of aromatic nitrogens is 1. The van der Waals surface area contributed by atoms with Crippen molar-refractivity contribution in [3.8, 4) is 0 Å². The number of benzene rings is 1. The van der Waals surface area contributed by atoms with E-state index >= 15 is 0 Å². The van der Waals surface area contributed by atoms with E-state index in [0.29, 0.717) is 0 Å². The van der Waals surface area contributed by atoms with Crippen LogP contribution in [0.2, 0.25) is 0 Å². The minimum absolute atomic E-state index is 0. The summed E-state index contributed by atoms with van der Waals surface area (Å²) >= 11 is 0. The van der Waals surface area contributed by atoms with E-state index in [1.54, 1.807) is 0 Å². The van der Waals surface area contributed by atoms with Crippen LogP contribution in [0.4, 0.5) is 0 Å². The van der Waals surface area contributed by atoms with Crippen LogP contribution in [0.1, 0.15) is 66.4 Å². The molecular formula is C18H33N. The number of aromatic amines is 1. The van der Waals surface area contributed by atoms with Crippen LogP contribution in [0.15, 0.2) is 30.5 Å². The first-order chi connectivity index (χ1) is 8.79. The van der Waals surface area contributed by atoms with Crippen molar-refractivity contribution in [2.75, 3.05) is 0 Å². The van der Waals surface area contributed by atoms with Gasteiger partial charge in [-0.25, -0.2) is 0 Å². The molecule has 19 heavy (non-hydrogen) atoms. The van der Waals surface area contributed by atoms with Gasteiger partial charge in [0.15, 0.2) is 0 Å². The lowest BCUT2D eigenvalue weighted by Gasteiger charge is -1.86. The molecule has 1 N–H and O–H groups in total. The summed E-state index contributed by atoms with van der Waals surface area (Å²) < 4.78 is 0. The van der Waals surface area contributed by atoms with Crippen molar-refractivity contribution in [2.24, 2.45) is 0 Å². The maximum absolute atomic E-state index is 3.19. The molecular weight excluding hydrogens is 230 g/mol. The van der Waals surface area contributed by atoms with Gasteiger partial charge in [-0.2, -0.15) is 0 Å². The number of rotatable bonds is 3. The van der Waals surface area contributed by atoms with Gasteiger partial charge in [-0.3, -0.25) is 0 Å². The van der Waals surface area contributed by atoms with Crippen LogP contribution in [-0.4, -0.2) is 4.98 Å². The molecule has 0 bridgehead atoms. The van der Waals surface area contributed by atoms with E-state index in [4.69, 9.17) is 0 Å². The zero-order valence-electron chi connectivity index (χ0n) is 12.7. The lowest BCUT2D eigenvalue weighted by atomic mass is 10.2. The number of aryl methyl sites for hydroxylation is 1. The number of nitrogens with one attached hydrogen (secondary N) is 1. The summed E-state index contributed by atoms with van der Waals surface area (Å²) in [5.41, 5.74) is 2.54. The number of hydrogen-bond donors (Lipinski definition) is 1. The molecule has 0 aliphatic heterocycles. The molecule has 1 heterocycles. The van der Waals surface area contributed by atoms with Gasteiger partial charge in [0.2, 0.25) is 0 Å². The topological polar surface area (TPSA) is 15.8 Å². The third kappa shape index (κ3) is 7.71. The predicted molar refractivity (Wildman–Crippen MR) is 90.9 cm³/mol. The van der Waals surface area contributed by atoms with Crippen molar-refractivity contribution in [1.82, 2.24) is 4.98 Å². The molecule has 1 aromatic carbocycles. The molecule has 0 atom stereocenters. The molecule has 2 aromatic rings. The summed E-state index contributed by atoms with van der Waals surface area (Å²) in [4.78, 5) is 3.19. The smallest absolute Gasteiger partial charge is 0.0456 e. The Morgan fingerprint density at radius 2 is 1.47 bits per heavy atom. The van der Waals surface area contributed by atoms with E-state index in [0.717, 1.165) is 0 Å². The molecule has 0 unspecified atom stereocenters. The van der Waals surface area contributed by atoms with E-state index < -0.39 is 0 Å². The molecule has 0 spiro atoms. The van der Waals surface area contributed by atoms with Gasteiger partial charge in [-0.15, -0.1) is 0 Å². The maximum Gasteiger partial charge on any atom is 0.0456 e. The van der Waals surface area contributed by atoms with Crippen LogP contribution in [-0.2, 0) is 0 Å². The van der Waals surface area contributed by atoms with Crippen molar-refractivity contribution < 1.29 is 0 Å². The third-order valence-corrected chi connectivity index (χ3v) is 2.75. The summed E-state index contributed by atoms with van der Waals surface area (Å²) in [6, 6.07) is 8.31. The molecule has 0 saturated heterocycles. The Kier molecular flexibility index (Phi) is 14.0. The predicted octanol–water partition coefficient (Wildman–Crippen LogP) is 6.73. The van der Waals surface area contributed by atoms with Gasteiger partial charge in [-0.1, -0.05) is 79.0 Å². The minimum Gasteiger partial charge on any atom is -0.361 e. The third-order valence-electron chi connectivity index (χ3n) is 2.75. The summed E-state index contributed by atoms with van der Waals surface area (Å²) in [5, 5.41) is 1.32. The van der Waals surface area contributed by atoms with Crippen LogP contribution < -0.4 is 0 Å². The fraction of sp³-hybridized carbons (Fsp3) is 0.556. The van der Waals surface area contributed by atoms with Crippen molar-refractivity contribution in [1.29, 1.82) is 0 Å². The average molecular weight is 263 g/mol. The lowest BCUT2D eigenvalue weighted by Crippen LogP contribution is -1.66. The highest BCUT2D eigenvalue weighted by Crippen LogP contribution is 2.15. The molecule has 1 heteroatoms. The lowest BCUT2D eigenvalue weighted by molar-refractivity contribution is 0.702. The average Bonchev–Trinajstić information content (AvgIpc) is 2.82. The van der Waals surface area contributed by atoms with Gasteiger partial charge < -0.3 is 4.98 Å². The van der Waals surface area contributed by atoms with Crippen LogP contribution in [0.5, 0.6) is 0 Å². The summed E-state index contributed by atoms with van der Waals surface area (Å²) in [6.45, 7) is 10.6. The van der Waals surface area contributed by atoms with Gasteiger partial charge >= 0.3 is 0 Å². The van der Waals surface area contributed by atoms with Gasteiger partial charge in [0.25, 0.3) is 0 Å². The van der Waals surface area contributed by atoms with Crippen molar-refractivity contribution in [2.45, 2.75) is 67.7 Å². The fourth-order valence-electron chi connectivity index (χ4n) is 1.72. The van der Waals surface area contributed by atoms with Crippen LogP contribution >= 0.6 is 0 Å². The van der Waals surface area contributed by atoms with E-state index in [2.05, 4.69) is 44.0 Å². The zero-order valence-corrected chi connectivity index (χ0v) is 12.7. The molecule has 1 nitrogen and oxygen atoms in total. The minimum atomic E-state index is 0. The Balaban J connectivity index is 0. The second kappa shape index (κ2) is 13.2. The number of unbranched alkanes of at least 4 members (excludes halogenated alkanes) is 3. The van der Waals surface area contributed by atoms with E-state index in [1.165, 1.54) is 42.1 Å². The van der Waals surface area contributed by atoms with Gasteiger partial charge in [0.1, 0.15) is 0 Å². The van der Waals surface area contributed by atoms with Gasteiger partial charge in [0.05, 0.1) is 0 Å². The quantitative estimate of drug-likeness (QED) is 0.591. The highest BCUT2D eigenvalue weighted by molar-refractivity contribution is 5.82. The molecule has 1 aromatic heterocycles. The Morgan fingerprint density at radius 3 is 1.95 bits per heavy atom. The molecule has 0 aliphatic carbocycles. The van der Waals surface area contributed by atoms with Crippen molar-refractivity contribution >= 4 is 10.9 Å². The number of fused-ring (bicyclic) bond motifs is 1. The summed E-state index contributed by atoms with van der Waals surface area (Å²) in [6.07, 6.45) is 7.57. The second-order valence-corrected chi connectivity index (χ2v) is 4.22. The molecule has 110 valence electrons. The van der Waals surface area contributed by atoms with E-state index in [9.17, 15) is 0 Å². The first-order valence-electron chi connectivity index (χ1n) is 7.32.